The molecule has 25 heavy (non-hydrogen) atoms. The second-order valence-electron chi connectivity index (χ2n) is 5.54. The van der Waals surface area contributed by atoms with Crippen LogP contribution in [0, 0.1) is 5.82 Å². The Morgan fingerprint density at radius 3 is 2.32 bits per heavy atom. The van der Waals surface area contributed by atoms with E-state index in [9.17, 15) is 23.6 Å². The van der Waals surface area contributed by atoms with E-state index in [4.69, 9.17) is 0 Å². The molecule has 0 aliphatic carbocycles. The summed E-state index contributed by atoms with van der Waals surface area (Å²) in [6, 6.07) is 9.94. The molecule has 1 heterocycles. The second kappa shape index (κ2) is 6.27. The van der Waals surface area contributed by atoms with Crippen LogP contribution in [0.25, 0.3) is 0 Å². The number of carbonyl (C=O) groups is 4. The number of carbonyl (C=O) groups excluding carboxylic acids is 4. The van der Waals surface area contributed by atoms with Gasteiger partial charge in [0, 0.05) is 11.3 Å². The summed E-state index contributed by atoms with van der Waals surface area (Å²) >= 11 is 0. The third-order valence-electron chi connectivity index (χ3n) is 3.83. The lowest BCUT2D eigenvalue weighted by Crippen LogP contribution is -2.37. The van der Waals surface area contributed by atoms with Crippen LogP contribution in [0.15, 0.2) is 42.5 Å². The van der Waals surface area contributed by atoms with E-state index in [1.54, 1.807) is 12.1 Å². The average molecular weight is 340 g/mol. The van der Waals surface area contributed by atoms with Crippen LogP contribution in [0.3, 0.4) is 0 Å². The second-order valence-corrected chi connectivity index (χ2v) is 5.54. The number of halogens is 1. The predicted molar refractivity (Wildman–Crippen MR) is 86.8 cm³/mol. The quantitative estimate of drug-likeness (QED) is 0.683. The van der Waals surface area contributed by atoms with E-state index in [2.05, 4.69) is 5.32 Å². The Morgan fingerprint density at radius 1 is 1.04 bits per heavy atom. The van der Waals surface area contributed by atoms with Crippen LogP contribution in [-0.4, -0.2) is 34.9 Å². The molecule has 1 N–H and O–H groups in total. The highest BCUT2D eigenvalue weighted by Gasteiger charge is 2.38. The topological polar surface area (TPSA) is 83.6 Å². The SMILES string of the molecule is CC(=O)c1ccc(NC(=O)CN2C(=O)c3cccc(F)c3C2=O)cc1. The van der Waals surface area contributed by atoms with Crippen LogP contribution in [0.1, 0.15) is 38.0 Å². The minimum atomic E-state index is -0.833. The van der Waals surface area contributed by atoms with Crippen molar-refractivity contribution in [1.82, 2.24) is 4.90 Å². The molecule has 0 saturated heterocycles. The van der Waals surface area contributed by atoms with Crippen molar-refractivity contribution in [2.24, 2.45) is 0 Å². The zero-order valence-corrected chi connectivity index (χ0v) is 13.2. The number of Topliss-reactive ketones (excluding diaryl/α,β-unsaturated/α-hetero) is 1. The highest BCUT2D eigenvalue weighted by molar-refractivity contribution is 6.22. The van der Waals surface area contributed by atoms with Gasteiger partial charge in [-0.25, -0.2) is 4.39 Å². The van der Waals surface area contributed by atoms with Gasteiger partial charge in [-0.3, -0.25) is 24.1 Å². The fourth-order valence-corrected chi connectivity index (χ4v) is 2.57. The van der Waals surface area contributed by atoms with E-state index in [0.717, 1.165) is 6.07 Å². The Hall–Kier alpha value is -3.35. The van der Waals surface area contributed by atoms with E-state index in [1.807, 2.05) is 0 Å². The number of ketones is 1. The zero-order valence-electron chi connectivity index (χ0n) is 13.2. The van der Waals surface area contributed by atoms with Gasteiger partial charge >= 0.3 is 0 Å². The molecule has 0 saturated carbocycles. The first-order chi connectivity index (χ1) is 11.9. The van der Waals surface area contributed by atoms with Gasteiger partial charge in [0.25, 0.3) is 11.8 Å². The average Bonchev–Trinajstić information content (AvgIpc) is 2.81. The van der Waals surface area contributed by atoms with E-state index in [-0.39, 0.29) is 16.9 Å². The summed E-state index contributed by atoms with van der Waals surface area (Å²) in [6.07, 6.45) is 0. The van der Waals surface area contributed by atoms with Gasteiger partial charge in [-0.05, 0) is 43.3 Å². The molecule has 126 valence electrons. The number of fused-ring (bicyclic) bond motifs is 1. The summed E-state index contributed by atoms with van der Waals surface area (Å²) in [4.78, 5) is 48.4. The van der Waals surface area contributed by atoms with Crippen molar-refractivity contribution in [1.29, 1.82) is 0 Å². The maximum atomic E-state index is 13.7. The molecule has 2 aromatic carbocycles. The van der Waals surface area contributed by atoms with Crippen LogP contribution in [0.2, 0.25) is 0 Å². The lowest BCUT2D eigenvalue weighted by Gasteiger charge is -2.13. The standard InChI is InChI=1S/C18H13FN2O4/c1-10(22)11-5-7-12(8-6-11)20-15(23)9-21-17(24)13-3-2-4-14(19)16(13)18(21)25/h2-8H,9H2,1H3,(H,20,23). The molecule has 3 amide bonds. The zero-order chi connectivity index (χ0) is 18.1. The van der Waals surface area contributed by atoms with E-state index >= 15 is 0 Å². The largest absolute Gasteiger partial charge is 0.325 e. The molecule has 0 atom stereocenters. The van der Waals surface area contributed by atoms with Crippen molar-refractivity contribution < 1.29 is 23.6 Å². The summed E-state index contributed by atoms with van der Waals surface area (Å²) in [5.74, 6) is -3.04. The van der Waals surface area contributed by atoms with Gasteiger partial charge in [0.1, 0.15) is 12.4 Å². The van der Waals surface area contributed by atoms with Gasteiger partial charge in [-0.15, -0.1) is 0 Å². The number of imide groups is 1. The van der Waals surface area contributed by atoms with Crippen LogP contribution < -0.4 is 5.32 Å². The Labute approximate surface area is 142 Å². The van der Waals surface area contributed by atoms with Gasteiger partial charge in [-0.1, -0.05) is 6.07 Å². The molecule has 7 heteroatoms. The summed E-state index contributed by atoms with van der Waals surface area (Å²) in [6.45, 7) is 0.898. The maximum Gasteiger partial charge on any atom is 0.265 e. The normalized spacial score (nSPS) is 13.0. The first kappa shape index (κ1) is 16.5. The summed E-state index contributed by atoms with van der Waals surface area (Å²) in [5.41, 5.74) is 0.543. The molecule has 3 rings (SSSR count). The minimum absolute atomic E-state index is 0.0522. The van der Waals surface area contributed by atoms with E-state index in [1.165, 1.54) is 31.2 Å². The van der Waals surface area contributed by atoms with E-state index < -0.39 is 30.1 Å². The highest BCUT2D eigenvalue weighted by atomic mass is 19.1. The Kier molecular flexibility index (Phi) is 4.14. The smallest absolute Gasteiger partial charge is 0.265 e. The van der Waals surface area contributed by atoms with Gasteiger partial charge < -0.3 is 5.32 Å². The number of nitrogens with zero attached hydrogens (tertiary/aromatic N) is 1. The summed E-state index contributed by atoms with van der Waals surface area (Å²) < 4.78 is 13.7. The predicted octanol–water partition coefficient (Wildman–Crippen LogP) is 2.26. The molecule has 0 spiro atoms. The molecule has 0 radical (unpaired) electrons. The van der Waals surface area contributed by atoms with Gasteiger partial charge in [0.15, 0.2) is 5.78 Å². The number of rotatable bonds is 4. The highest BCUT2D eigenvalue weighted by Crippen LogP contribution is 2.25. The first-order valence-electron chi connectivity index (χ1n) is 7.44. The van der Waals surface area contributed by atoms with Crippen LogP contribution in [0.5, 0.6) is 0 Å². The number of benzene rings is 2. The number of hydrogen-bond donors (Lipinski definition) is 1. The lowest BCUT2D eigenvalue weighted by molar-refractivity contribution is -0.116. The molecule has 1 aliphatic rings. The Balaban J connectivity index is 1.72. The van der Waals surface area contributed by atoms with E-state index in [0.29, 0.717) is 16.2 Å². The number of hydrogen-bond acceptors (Lipinski definition) is 4. The van der Waals surface area contributed by atoms with Gasteiger partial charge in [-0.2, -0.15) is 0 Å². The molecular weight excluding hydrogens is 327 g/mol. The maximum absolute atomic E-state index is 13.7. The number of nitrogens with one attached hydrogen (secondary N) is 1. The molecule has 1 aliphatic heterocycles. The minimum Gasteiger partial charge on any atom is -0.325 e. The fourth-order valence-electron chi connectivity index (χ4n) is 2.57. The van der Waals surface area contributed by atoms with Crippen molar-refractivity contribution >= 4 is 29.2 Å². The summed E-state index contributed by atoms with van der Waals surface area (Å²) in [7, 11) is 0. The fraction of sp³-hybridized carbons (Fsp3) is 0.111. The summed E-state index contributed by atoms with van der Waals surface area (Å²) in [5, 5.41) is 2.53. The van der Waals surface area contributed by atoms with Crippen molar-refractivity contribution in [3.05, 3.63) is 65.0 Å². The van der Waals surface area contributed by atoms with Crippen LogP contribution in [-0.2, 0) is 4.79 Å². The van der Waals surface area contributed by atoms with Crippen LogP contribution in [0.4, 0.5) is 10.1 Å². The third kappa shape index (κ3) is 3.03. The van der Waals surface area contributed by atoms with Crippen LogP contribution >= 0.6 is 0 Å². The third-order valence-corrected chi connectivity index (χ3v) is 3.83. The Bertz CT molecular complexity index is 906. The van der Waals surface area contributed by atoms with Crippen molar-refractivity contribution in [2.75, 3.05) is 11.9 Å². The monoisotopic (exact) mass is 340 g/mol. The van der Waals surface area contributed by atoms with Crippen molar-refractivity contribution in [3.63, 3.8) is 0 Å². The number of amides is 3. The molecule has 0 bridgehead atoms. The van der Waals surface area contributed by atoms with Crippen molar-refractivity contribution in [3.8, 4) is 0 Å². The Morgan fingerprint density at radius 2 is 1.72 bits per heavy atom. The lowest BCUT2D eigenvalue weighted by atomic mass is 10.1. The molecular formula is C18H13FN2O4. The first-order valence-corrected chi connectivity index (χ1v) is 7.44. The molecule has 0 fully saturated rings. The molecule has 6 nitrogen and oxygen atoms in total. The number of anilines is 1. The molecule has 0 unspecified atom stereocenters. The van der Waals surface area contributed by atoms with Crippen molar-refractivity contribution in [2.45, 2.75) is 6.92 Å². The van der Waals surface area contributed by atoms with Gasteiger partial charge in [0.2, 0.25) is 5.91 Å². The molecule has 0 aromatic heterocycles. The van der Waals surface area contributed by atoms with Gasteiger partial charge in [0.05, 0.1) is 11.1 Å². The molecule has 2 aromatic rings.